The molecule has 3 rings (SSSR count). The number of carbonyl (C=O) groups is 2. The summed E-state index contributed by atoms with van der Waals surface area (Å²) < 4.78 is 0. The number of rotatable bonds is 6. The third-order valence-electron chi connectivity index (χ3n) is 4.50. The Balaban J connectivity index is 1.84. The summed E-state index contributed by atoms with van der Waals surface area (Å²) in [6.07, 6.45) is 2.46. The van der Waals surface area contributed by atoms with Crippen molar-refractivity contribution in [2.75, 3.05) is 17.6 Å². The lowest BCUT2D eigenvalue weighted by Gasteiger charge is -2.26. The number of ketones is 1. The van der Waals surface area contributed by atoms with Crippen LogP contribution in [0.25, 0.3) is 0 Å². The molecule has 5 heteroatoms. The molecule has 2 N–H and O–H groups in total. The average Bonchev–Trinajstić information content (AvgIpc) is 2.62. The molecule has 4 nitrogen and oxygen atoms in total. The molecule has 0 radical (unpaired) electrons. The van der Waals surface area contributed by atoms with Crippen LogP contribution in [-0.2, 0) is 6.42 Å². The second-order valence-corrected chi connectivity index (χ2v) is 8.63. The number of carboxylic acids is 1. The molecule has 0 amide bonds. The highest BCUT2D eigenvalue weighted by Crippen LogP contribution is 2.45. The van der Waals surface area contributed by atoms with Crippen molar-refractivity contribution in [2.45, 2.75) is 25.2 Å². The van der Waals surface area contributed by atoms with Crippen LogP contribution in [0.3, 0.4) is 0 Å². The fourth-order valence-electron chi connectivity index (χ4n) is 3.31. The van der Waals surface area contributed by atoms with Gasteiger partial charge in [0, 0.05) is 22.7 Å². The van der Waals surface area contributed by atoms with Gasteiger partial charge in [-0.2, -0.15) is 0 Å². The number of nitrogens with one attached hydrogen (secondary N) is 1. The number of aryl methyl sites for hydroxylation is 1. The molecule has 0 saturated heterocycles. The number of para-hydroxylation sites is 1. The zero-order valence-electron chi connectivity index (χ0n) is 15.0. The zero-order chi connectivity index (χ0) is 18.7. The van der Waals surface area contributed by atoms with E-state index in [4.69, 9.17) is 0 Å². The molecule has 136 valence electrons. The summed E-state index contributed by atoms with van der Waals surface area (Å²) in [6, 6.07) is 11.1. The van der Waals surface area contributed by atoms with Gasteiger partial charge in [0.15, 0.2) is 5.78 Å². The van der Waals surface area contributed by atoms with Gasteiger partial charge in [0.2, 0.25) is 0 Å². The zero-order valence-corrected chi connectivity index (χ0v) is 15.8. The Bertz CT molecular complexity index is 889. The molecule has 0 fully saturated rings. The van der Waals surface area contributed by atoms with E-state index in [1.807, 2.05) is 19.1 Å². The normalized spacial score (nSPS) is 17.0. The molecule has 0 bridgehead atoms. The van der Waals surface area contributed by atoms with Crippen molar-refractivity contribution in [2.24, 2.45) is 0 Å². The minimum atomic E-state index is -0.939. The van der Waals surface area contributed by atoms with Gasteiger partial charge < -0.3 is 10.4 Å². The van der Waals surface area contributed by atoms with Gasteiger partial charge in [-0.15, -0.1) is 0 Å². The SMILES string of the molecule is CC[SH]1C=CC(=O)c2cc(C)cc(CCNc3ccccc3C(=O)O)c21. The summed E-state index contributed by atoms with van der Waals surface area (Å²) in [5.74, 6) is 0.157. The smallest absolute Gasteiger partial charge is 0.337 e. The van der Waals surface area contributed by atoms with Gasteiger partial charge in [0.1, 0.15) is 0 Å². The maximum absolute atomic E-state index is 12.3. The molecule has 1 unspecified atom stereocenters. The molecule has 0 spiro atoms. The van der Waals surface area contributed by atoms with Gasteiger partial charge in [0.05, 0.1) is 5.56 Å². The third-order valence-corrected chi connectivity index (χ3v) is 6.79. The molecule has 26 heavy (non-hydrogen) atoms. The molecule has 1 aliphatic heterocycles. The molecular formula is C21H23NO3S. The summed E-state index contributed by atoms with van der Waals surface area (Å²) in [5, 5.41) is 14.6. The summed E-state index contributed by atoms with van der Waals surface area (Å²) in [7, 11) is -0.456. The molecule has 0 aromatic heterocycles. The van der Waals surface area contributed by atoms with E-state index in [9.17, 15) is 14.7 Å². The summed E-state index contributed by atoms with van der Waals surface area (Å²) in [5.41, 5.74) is 4.00. The number of aromatic carboxylic acids is 1. The van der Waals surface area contributed by atoms with Gasteiger partial charge in [-0.25, -0.2) is 15.7 Å². The first kappa shape index (κ1) is 18.3. The van der Waals surface area contributed by atoms with Crippen LogP contribution in [0.15, 0.2) is 52.8 Å². The monoisotopic (exact) mass is 369 g/mol. The van der Waals surface area contributed by atoms with Gasteiger partial charge >= 0.3 is 5.97 Å². The molecule has 0 saturated carbocycles. The number of allylic oxidation sites excluding steroid dienone is 1. The van der Waals surface area contributed by atoms with E-state index in [-0.39, 0.29) is 11.3 Å². The van der Waals surface area contributed by atoms with Crippen LogP contribution in [0.1, 0.15) is 38.8 Å². The van der Waals surface area contributed by atoms with E-state index in [1.54, 1.807) is 24.3 Å². The number of hydrogen-bond donors (Lipinski definition) is 3. The highest BCUT2D eigenvalue weighted by atomic mass is 32.2. The minimum absolute atomic E-state index is 0.0846. The Labute approximate surface area is 156 Å². The lowest BCUT2D eigenvalue weighted by atomic mass is 10.0. The largest absolute Gasteiger partial charge is 0.478 e. The van der Waals surface area contributed by atoms with Crippen molar-refractivity contribution in [3.8, 4) is 0 Å². The van der Waals surface area contributed by atoms with E-state index in [2.05, 4.69) is 23.7 Å². The maximum Gasteiger partial charge on any atom is 0.337 e. The van der Waals surface area contributed by atoms with E-state index in [1.165, 1.54) is 10.5 Å². The summed E-state index contributed by atoms with van der Waals surface area (Å²) in [4.78, 5) is 24.8. The molecule has 2 aromatic carbocycles. The predicted molar refractivity (Wildman–Crippen MR) is 108 cm³/mol. The first-order valence-electron chi connectivity index (χ1n) is 8.70. The summed E-state index contributed by atoms with van der Waals surface area (Å²) >= 11 is 0. The van der Waals surface area contributed by atoms with E-state index >= 15 is 0 Å². The number of anilines is 1. The van der Waals surface area contributed by atoms with E-state index in [0.29, 0.717) is 12.2 Å². The van der Waals surface area contributed by atoms with Gasteiger partial charge in [-0.1, -0.05) is 30.7 Å². The minimum Gasteiger partial charge on any atom is -0.478 e. The molecule has 1 aliphatic rings. The van der Waals surface area contributed by atoms with Gasteiger partial charge in [-0.05, 0) is 54.3 Å². The number of benzene rings is 2. The highest BCUT2D eigenvalue weighted by molar-refractivity contribution is 8.19. The number of carbonyl (C=O) groups excluding carboxylic acids is 1. The molecule has 2 aromatic rings. The van der Waals surface area contributed by atoms with Crippen molar-refractivity contribution >= 4 is 28.3 Å². The van der Waals surface area contributed by atoms with Crippen LogP contribution >= 0.6 is 10.9 Å². The summed E-state index contributed by atoms with van der Waals surface area (Å²) in [6.45, 7) is 4.78. The number of hydrogen-bond acceptors (Lipinski definition) is 3. The molecule has 0 aliphatic carbocycles. The van der Waals surface area contributed by atoms with Gasteiger partial charge in [-0.3, -0.25) is 4.79 Å². The first-order chi connectivity index (χ1) is 12.5. The van der Waals surface area contributed by atoms with Crippen molar-refractivity contribution in [3.63, 3.8) is 0 Å². The van der Waals surface area contributed by atoms with Crippen molar-refractivity contribution in [1.82, 2.24) is 0 Å². The van der Waals surface area contributed by atoms with Crippen molar-refractivity contribution in [3.05, 3.63) is 70.1 Å². The van der Waals surface area contributed by atoms with Crippen molar-refractivity contribution in [1.29, 1.82) is 0 Å². The standard InChI is InChI=1S/C21H23NO3S/c1-3-26-11-9-19(23)17-13-14(2)12-15(20(17)26)8-10-22-18-7-5-4-6-16(18)21(24)25/h4-7,9,11-13,22,26H,3,8,10H2,1-2H3,(H,24,25). The third kappa shape index (κ3) is 3.68. The van der Waals surface area contributed by atoms with Crippen LogP contribution in [0.2, 0.25) is 0 Å². The maximum atomic E-state index is 12.3. The molecule has 1 heterocycles. The topological polar surface area (TPSA) is 66.4 Å². The average molecular weight is 369 g/mol. The highest BCUT2D eigenvalue weighted by Gasteiger charge is 2.21. The van der Waals surface area contributed by atoms with Crippen LogP contribution in [0.5, 0.6) is 0 Å². The second-order valence-electron chi connectivity index (χ2n) is 6.31. The fourth-order valence-corrected chi connectivity index (χ4v) is 5.33. The van der Waals surface area contributed by atoms with Crippen LogP contribution < -0.4 is 5.32 Å². The van der Waals surface area contributed by atoms with Gasteiger partial charge in [0.25, 0.3) is 0 Å². The lowest BCUT2D eigenvalue weighted by Crippen LogP contribution is -2.13. The Morgan fingerprint density at radius 2 is 2.00 bits per heavy atom. The number of carboxylic acid groups (broad SMARTS) is 1. The Morgan fingerprint density at radius 3 is 2.73 bits per heavy atom. The first-order valence-corrected chi connectivity index (χ1v) is 10.3. The van der Waals surface area contributed by atoms with Crippen LogP contribution in [-0.4, -0.2) is 29.2 Å². The molecular weight excluding hydrogens is 346 g/mol. The van der Waals surface area contributed by atoms with Crippen molar-refractivity contribution < 1.29 is 14.7 Å². The lowest BCUT2D eigenvalue weighted by molar-refractivity contribution is 0.0697. The van der Waals surface area contributed by atoms with E-state index < -0.39 is 16.9 Å². The quantitative estimate of drug-likeness (QED) is 0.659. The Morgan fingerprint density at radius 1 is 1.23 bits per heavy atom. The number of thiol groups is 1. The van der Waals surface area contributed by atoms with Crippen LogP contribution in [0.4, 0.5) is 5.69 Å². The Hall–Kier alpha value is -2.53. The van der Waals surface area contributed by atoms with E-state index in [0.717, 1.165) is 23.3 Å². The number of fused-ring (bicyclic) bond motifs is 1. The Kier molecular flexibility index (Phi) is 5.47. The van der Waals surface area contributed by atoms with Crippen LogP contribution in [0, 0.1) is 6.92 Å². The predicted octanol–water partition coefficient (Wildman–Crippen LogP) is 4.44. The molecule has 1 atom stereocenters. The fraction of sp³-hybridized carbons (Fsp3) is 0.238. The second kappa shape index (κ2) is 7.79.